The minimum atomic E-state index is -1.17. The fourth-order valence-corrected chi connectivity index (χ4v) is 1.85. The maximum Gasteiger partial charge on any atom is 0.337 e. The fraction of sp³-hybridized carbons (Fsp3) is 0.0667. The van der Waals surface area contributed by atoms with Crippen molar-refractivity contribution in [1.29, 1.82) is 0 Å². The predicted octanol–water partition coefficient (Wildman–Crippen LogP) is 2.36. The van der Waals surface area contributed by atoms with E-state index in [1.807, 2.05) is 0 Å². The summed E-state index contributed by atoms with van der Waals surface area (Å²) >= 11 is 0. The molecule has 0 radical (unpaired) electrons. The zero-order valence-electron chi connectivity index (χ0n) is 11.1. The highest BCUT2D eigenvalue weighted by molar-refractivity contribution is 6.09. The number of carboxylic acid groups (broad SMARTS) is 1. The molecule has 2 aromatic carbocycles. The van der Waals surface area contributed by atoms with Crippen LogP contribution in [0.5, 0.6) is 11.5 Å². The lowest BCUT2D eigenvalue weighted by atomic mass is 10.1. The number of aromatic hydroxyl groups is 2. The molecule has 0 atom stereocenters. The van der Waals surface area contributed by atoms with Crippen molar-refractivity contribution in [2.24, 2.45) is 0 Å². The molecule has 0 unspecified atom stereocenters. The molecule has 0 saturated heterocycles. The first kappa shape index (κ1) is 14.4. The molecule has 0 aliphatic heterocycles. The van der Waals surface area contributed by atoms with Crippen molar-refractivity contribution in [2.75, 3.05) is 5.32 Å². The number of nitrogens with one attached hydrogen (secondary N) is 1. The molecule has 6 heteroatoms. The summed E-state index contributed by atoms with van der Waals surface area (Å²) in [7, 11) is 0. The van der Waals surface area contributed by atoms with Crippen molar-refractivity contribution in [3.63, 3.8) is 0 Å². The van der Waals surface area contributed by atoms with E-state index in [-0.39, 0.29) is 16.8 Å². The van der Waals surface area contributed by atoms with Crippen molar-refractivity contribution >= 4 is 17.6 Å². The number of carboxylic acids is 1. The summed E-state index contributed by atoms with van der Waals surface area (Å²) in [5.41, 5.74) is 0.654. The van der Waals surface area contributed by atoms with Crippen LogP contribution < -0.4 is 5.32 Å². The number of para-hydroxylation sites is 1. The molecule has 2 aromatic rings. The molecule has 6 nitrogen and oxygen atoms in total. The minimum Gasteiger partial charge on any atom is -0.504 e. The Hall–Kier alpha value is -3.02. The molecular formula is C15H13NO5. The number of hydrogen-bond donors (Lipinski definition) is 4. The molecule has 0 saturated carbocycles. The Kier molecular flexibility index (Phi) is 3.80. The van der Waals surface area contributed by atoms with Crippen LogP contribution in [-0.4, -0.2) is 27.2 Å². The zero-order chi connectivity index (χ0) is 15.6. The van der Waals surface area contributed by atoms with Gasteiger partial charge >= 0.3 is 5.97 Å². The Morgan fingerprint density at radius 1 is 1.05 bits per heavy atom. The minimum absolute atomic E-state index is 0.0528. The number of rotatable bonds is 3. The van der Waals surface area contributed by atoms with E-state index in [0.717, 1.165) is 5.56 Å². The average Bonchev–Trinajstić information content (AvgIpc) is 2.43. The van der Waals surface area contributed by atoms with E-state index in [1.165, 1.54) is 30.3 Å². The van der Waals surface area contributed by atoms with E-state index in [1.54, 1.807) is 13.0 Å². The summed E-state index contributed by atoms with van der Waals surface area (Å²) in [5, 5.41) is 30.6. The topological polar surface area (TPSA) is 107 Å². The number of carbonyl (C=O) groups is 2. The van der Waals surface area contributed by atoms with Crippen LogP contribution in [0.1, 0.15) is 26.3 Å². The summed E-state index contributed by atoms with van der Waals surface area (Å²) in [4.78, 5) is 23.2. The smallest absolute Gasteiger partial charge is 0.337 e. The van der Waals surface area contributed by atoms with Crippen molar-refractivity contribution in [2.45, 2.75) is 6.92 Å². The first-order valence-corrected chi connectivity index (χ1v) is 6.06. The molecule has 0 aliphatic rings. The SMILES string of the molecule is Cc1ccc(NC(=O)c2cccc(O)c2O)c(C(=O)O)c1. The standard InChI is InChI=1S/C15H13NO5/c1-8-5-6-11(10(7-8)15(20)21)16-14(19)9-3-2-4-12(17)13(9)18/h2-7,17-18H,1H3,(H,16,19)(H,20,21). The molecule has 0 spiro atoms. The van der Waals surface area contributed by atoms with Gasteiger partial charge < -0.3 is 20.6 Å². The van der Waals surface area contributed by atoms with Crippen molar-refractivity contribution in [3.05, 3.63) is 53.1 Å². The Bertz CT molecular complexity index is 724. The van der Waals surface area contributed by atoms with Crippen LogP contribution in [0.2, 0.25) is 0 Å². The second kappa shape index (κ2) is 5.54. The summed E-state index contributed by atoms with van der Waals surface area (Å²) in [6, 6.07) is 8.51. The number of aryl methyl sites for hydroxylation is 1. The van der Waals surface area contributed by atoms with Crippen LogP contribution in [-0.2, 0) is 0 Å². The third-order valence-electron chi connectivity index (χ3n) is 2.91. The Balaban J connectivity index is 2.36. The Morgan fingerprint density at radius 3 is 2.43 bits per heavy atom. The number of phenolic OH excluding ortho intramolecular Hbond substituents is 2. The monoisotopic (exact) mass is 287 g/mol. The highest BCUT2D eigenvalue weighted by atomic mass is 16.4. The van der Waals surface area contributed by atoms with Gasteiger partial charge in [-0.05, 0) is 31.2 Å². The van der Waals surface area contributed by atoms with Crippen LogP contribution in [0.3, 0.4) is 0 Å². The molecule has 0 bridgehead atoms. The lowest BCUT2D eigenvalue weighted by molar-refractivity contribution is 0.0698. The molecule has 0 aromatic heterocycles. The van der Waals surface area contributed by atoms with Gasteiger partial charge in [0.1, 0.15) is 0 Å². The van der Waals surface area contributed by atoms with E-state index in [2.05, 4.69) is 5.32 Å². The molecule has 0 aliphatic carbocycles. The van der Waals surface area contributed by atoms with Crippen LogP contribution in [0.4, 0.5) is 5.69 Å². The van der Waals surface area contributed by atoms with E-state index in [4.69, 9.17) is 5.11 Å². The van der Waals surface area contributed by atoms with Crippen LogP contribution in [0.15, 0.2) is 36.4 Å². The number of hydrogen-bond acceptors (Lipinski definition) is 4. The maximum atomic E-state index is 12.1. The van der Waals surface area contributed by atoms with E-state index >= 15 is 0 Å². The van der Waals surface area contributed by atoms with Gasteiger partial charge in [-0.3, -0.25) is 4.79 Å². The second-order valence-corrected chi connectivity index (χ2v) is 4.48. The van der Waals surface area contributed by atoms with Crippen molar-refractivity contribution in [1.82, 2.24) is 0 Å². The summed E-state index contributed by atoms with van der Waals surface area (Å²) in [5.74, 6) is -2.87. The van der Waals surface area contributed by atoms with Gasteiger partial charge in [0.05, 0.1) is 16.8 Å². The number of carbonyl (C=O) groups excluding carboxylic acids is 1. The number of aromatic carboxylic acids is 1. The molecule has 4 N–H and O–H groups in total. The van der Waals surface area contributed by atoms with Gasteiger partial charge in [0.25, 0.3) is 5.91 Å². The molecule has 0 fully saturated rings. The second-order valence-electron chi connectivity index (χ2n) is 4.48. The van der Waals surface area contributed by atoms with E-state index in [0.29, 0.717) is 0 Å². The van der Waals surface area contributed by atoms with Gasteiger partial charge in [0.15, 0.2) is 11.5 Å². The number of phenols is 2. The Labute approximate surface area is 120 Å². The molecule has 0 heterocycles. The molecule has 108 valence electrons. The fourth-order valence-electron chi connectivity index (χ4n) is 1.85. The summed E-state index contributed by atoms with van der Waals surface area (Å²) < 4.78 is 0. The lowest BCUT2D eigenvalue weighted by Crippen LogP contribution is -2.15. The van der Waals surface area contributed by atoms with Gasteiger partial charge in [-0.2, -0.15) is 0 Å². The van der Waals surface area contributed by atoms with Gasteiger partial charge in [-0.1, -0.05) is 17.7 Å². The molecule has 2 rings (SSSR count). The number of benzene rings is 2. The number of amides is 1. The van der Waals surface area contributed by atoms with Gasteiger partial charge in [-0.15, -0.1) is 0 Å². The maximum absolute atomic E-state index is 12.1. The van der Waals surface area contributed by atoms with Gasteiger partial charge in [0, 0.05) is 0 Å². The largest absolute Gasteiger partial charge is 0.504 e. The quantitative estimate of drug-likeness (QED) is 0.648. The van der Waals surface area contributed by atoms with E-state index < -0.39 is 23.4 Å². The lowest BCUT2D eigenvalue weighted by Gasteiger charge is -2.10. The predicted molar refractivity (Wildman–Crippen MR) is 75.9 cm³/mol. The zero-order valence-corrected chi connectivity index (χ0v) is 11.1. The summed E-state index contributed by atoms with van der Waals surface area (Å²) in [6.07, 6.45) is 0. The summed E-state index contributed by atoms with van der Waals surface area (Å²) in [6.45, 7) is 1.74. The first-order chi connectivity index (χ1) is 9.90. The Morgan fingerprint density at radius 2 is 1.76 bits per heavy atom. The third kappa shape index (κ3) is 2.94. The van der Waals surface area contributed by atoms with Crippen LogP contribution in [0.25, 0.3) is 0 Å². The van der Waals surface area contributed by atoms with Crippen molar-refractivity contribution in [3.8, 4) is 11.5 Å². The molecule has 1 amide bonds. The molecular weight excluding hydrogens is 274 g/mol. The normalized spacial score (nSPS) is 10.1. The average molecular weight is 287 g/mol. The third-order valence-corrected chi connectivity index (χ3v) is 2.91. The number of anilines is 1. The van der Waals surface area contributed by atoms with Crippen LogP contribution >= 0.6 is 0 Å². The highest BCUT2D eigenvalue weighted by Crippen LogP contribution is 2.29. The van der Waals surface area contributed by atoms with Crippen molar-refractivity contribution < 1.29 is 24.9 Å². The first-order valence-electron chi connectivity index (χ1n) is 6.06. The van der Waals surface area contributed by atoms with Crippen LogP contribution in [0, 0.1) is 6.92 Å². The van der Waals surface area contributed by atoms with E-state index in [9.17, 15) is 19.8 Å². The van der Waals surface area contributed by atoms with Gasteiger partial charge in [-0.25, -0.2) is 4.79 Å². The highest BCUT2D eigenvalue weighted by Gasteiger charge is 2.17. The molecule has 21 heavy (non-hydrogen) atoms. The van der Waals surface area contributed by atoms with Gasteiger partial charge in [0.2, 0.25) is 0 Å².